The summed E-state index contributed by atoms with van der Waals surface area (Å²) in [5, 5.41) is 4.78. The minimum absolute atomic E-state index is 0.0548. The Kier molecular flexibility index (Phi) is 4.26. The zero-order chi connectivity index (χ0) is 16.7. The second-order valence-corrected chi connectivity index (χ2v) is 10.4. The molecule has 2 aliphatic rings. The SMILES string of the molecule is O=C(CSc1ncnc2sc3c(c12)CCC3)N[C@H]1CCS(=O)(=O)C1. The molecule has 6 nitrogen and oxygen atoms in total. The fraction of sp³-hybridized carbons (Fsp3) is 0.533. The standard InChI is InChI=1S/C15H17N3O3S3/c19-12(18-9-4-5-24(20,21)7-9)6-22-14-13-10-2-1-3-11(10)23-15(13)17-8-16-14/h8-9H,1-7H2,(H,18,19)/t9-/m0/s1. The Morgan fingerprint density at radius 2 is 2.25 bits per heavy atom. The van der Waals surface area contributed by atoms with Crippen LogP contribution in [0.4, 0.5) is 0 Å². The van der Waals surface area contributed by atoms with E-state index >= 15 is 0 Å². The Balaban J connectivity index is 1.44. The molecular formula is C15H17N3O3S3. The second-order valence-electron chi connectivity index (χ2n) is 6.17. The maximum Gasteiger partial charge on any atom is 0.230 e. The lowest BCUT2D eigenvalue weighted by Crippen LogP contribution is -2.36. The number of nitrogens with one attached hydrogen (secondary N) is 1. The number of rotatable bonds is 4. The van der Waals surface area contributed by atoms with E-state index in [9.17, 15) is 13.2 Å². The lowest BCUT2D eigenvalue weighted by molar-refractivity contribution is -0.119. The molecular weight excluding hydrogens is 366 g/mol. The first-order valence-electron chi connectivity index (χ1n) is 7.90. The van der Waals surface area contributed by atoms with Crippen molar-refractivity contribution >= 4 is 49.1 Å². The zero-order valence-corrected chi connectivity index (χ0v) is 15.4. The van der Waals surface area contributed by atoms with Crippen molar-refractivity contribution in [2.75, 3.05) is 17.3 Å². The molecule has 1 aliphatic carbocycles. The van der Waals surface area contributed by atoms with Crippen LogP contribution in [0.1, 0.15) is 23.3 Å². The van der Waals surface area contributed by atoms with E-state index in [0.717, 1.165) is 28.1 Å². The highest BCUT2D eigenvalue weighted by atomic mass is 32.2. The highest BCUT2D eigenvalue weighted by Crippen LogP contribution is 2.39. The van der Waals surface area contributed by atoms with Crippen LogP contribution in [0, 0.1) is 0 Å². The van der Waals surface area contributed by atoms with Crippen molar-refractivity contribution in [1.82, 2.24) is 15.3 Å². The van der Waals surface area contributed by atoms with Gasteiger partial charge in [0, 0.05) is 16.3 Å². The number of hydrogen-bond acceptors (Lipinski definition) is 7. The average Bonchev–Trinajstić information content (AvgIpc) is 3.19. The summed E-state index contributed by atoms with van der Waals surface area (Å²) in [6.45, 7) is 0. The van der Waals surface area contributed by atoms with Crippen LogP contribution in [0.2, 0.25) is 0 Å². The van der Waals surface area contributed by atoms with Gasteiger partial charge in [0.05, 0.1) is 17.3 Å². The monoisotopic (exact) mass is 383 g/mol. The smallest absolute Gasteiger partial charge is 0.230 e. The van der Waals surface area contributed by atoms with Crippen molar-refractivity contribution in [3.05, 3.63) is 16.8 Å². The molecule has 9 heteroatoms. The van der Waals surface area contributed by atoms with Crippen LogP contribution in [0.3, 0.4) is 0 Å². The van der Waals surface area contributed by atoms with Crippen molar-refractivity contribution in [2.45, 2.75) is 36.8 Å². The zero-order valence-electron chi connectivity index (χ0n) is 12.9. The van der Waals surface area contributed by atoms with E-state index in [2.05, 4.69) is 15.3 Å². The molecule has 128 valence electrons. The molecule has 0 saturated carbocycles. The molecule has 1 saturated heterocycles. The lowest BCUT2D eigenvalue weighted by atomic mass is 10.2. The topological polar surface area (TPSA) is 89.0 Å². The van der Waals surface area contributed by atoms with Gasteiger partial charge in [-0.15, -0.1) is 11.3 Å². The van der Waals surface area contributed by atoms with E-state index in [4.69, 9.17) is 0 Å². The quantitative estimate of drug-likeness (QED) is 0.637. The van der Waals surface area contributed by atoms with Crippen LogP contribution in [0.15, 0.2) is 11.4 Å². The van der Waals surface area contributed by atoms with Gasteiger partial charge in [0.2, 0.25) is 5.91 Å². The Hall–Kier alpha value is -1.19. The summed E-state index contributed by atoms with van der Waals surface area (Å²) < 4.78 is 22.9. The number of carbonyl (C=O) groups is 1. The van der Waals surface area contributed by atoms with E-state index in [0.29, 0.717) is 6.42 Å². The lowest BCUT2D eigenvalue weighted by Gasteiger charge is -2.10. The Bertz CT molecular complexity index is 907. The third kappa shape index (κ3) is 3.16. The third-order valence-corrected chi connectivity index (χ3v) is 8.36. The summed E-state index contributed by atoms with van der Waals surface area (Å²) in [6.07, 6.45) is 5.40. The number of thioether (sulfide) groups is 1. The highest BCUT2D eigenvalue weighted by Gasteiger charge is 2.29. The number of nitrogens with zero attached hydrogens (tertiary/aromatic N) is 2. The van der Waals surface area contributed by atoms with Crippen molar-refractivity contribution < 1.29 is 13.2 Å². The normalized spacial score (nSPS) is 21.9. The van der Waals surface area contributed by atoms with Gasteiger partial charge in [-0.1, -0.05) is 11.8 Å². The predicted molar refractivity (Wildman–Crippen MR) is 95.4 cm³/mol. The van der Waals surface area contributed by atoms with Crippen LogP contribution in [0.25, 0.3) is 10.2 Å². The first kappa shape index (κ1) is 16.3. The number of hydrogen-bond donors (Lipinski definition) is 1. The predicted octanol–water partition coefficient (Wildman–Crippen LogP) is 1.58. The van der Waals surface area contributed by atoms with Crippen molar-refractivity contribution in [3.63, 3.8) is 0 Å². The first-order valence-corrected chi connectivity index (χ1v) is 11.5. The molecule has 3 heterocycles. The second kappa shape index (κ2) is 6.27. The number of aromatic nitrogens is 2. The van der Waals surface area contributed by atoms with Gasteiger partial charge in [-0.3, -0.25) is 4.79 Å². The van der Waals surface area contributed by atoms with Gasteiger partial charge in [0.15, 0.2) is 9.84 Å². The van der Waals surface area contributed by atoms with E-state index in [-0.39, 0.29) is 29.2 Å². The molecule has 0 aromatic carbocycles. The Morgan fingerprint density at radius 1 is 1.38 bits per heavy atom. The maximum atomic E-state index is 12.1. The van der Waals surface area contributed by atoms with Gasteiger partial charge in [-0.25, -0.2) is 18.4 Å². The molecule has 2 aromatic rings. The molecule has 24 heavy (non-hydrogen) atoms. The molecule has 1 aliphatic heterocycles. The van der Waals surface area contributed by atoms with Crippen molar-refractivity contribution in [3.8, 4) is 0 Å². The van der Waals surface area contributed by atoms with Crippen LogP contribution in [-0.2, 0) is 27.5 Å². The van der Waals surface area contributed by atoms with E-state index < -0.39 is 9.84 Å². The number of fused-ring (bicyclic) bond motifs is 3. The number of carbonyl (C=O) groups excluding carboxylic acids is 1. The number of thiophene rings is 1. The summed E-state index contributed by atoms with van der Waals surface area (Å²) in [5.41, 5.74) is 1.35. The molecule has 0 spiro atoms. The molecule has 0 radical (unpaired) electrons. The van der Waals surface area contributed by atoms with Gasteiger partial charge < -0.3 is 5.32 Å². The van der Waals surface area contributed by atoms with Crippen LogP contribution >= 0.6 is 23.1 Å². The largest absolute Gasteiger partial charge is 0.352 e. The van der Waals surface area contributed by atoms with E-state index in [1.54, 1.807) is 17.7 Å². The molecule has 1 atom stereocenters. The molecule has 0 unspecified atom stereocenters. The van der Waals surface area contributed by atoms with E-state index in [1.807, 2.05) is 0 Å². The molecule has 2 aromatic heterocycles. The molecule has 4 rings (SSSR count). The Labute approximate surface area is 148 Å². The first-order chi connectivity index (χ1) is 11.5. The van der Waals surface area contributed by atoms with Crippen LogP contribution in [-0.4, -0.2) is 47.6 Å². The summed E-state index contributed by atoms with van der Waals surface area (Å²) in [5.74, 6) is 0.325. The third-order valence-electron chi connectivity index (χ3n) is 4.40. The minimum atomic E-state index is -2.98. The molecule has 1 N–H and O–H groups in total. The fourth-order valence-electron chi connectivity index (χ4n) is 3.32. The summed E-state index contributed by atoms with van der Waals surface area (Å²) in [4.78, 5) is 23.2. The Morgan fingerprint density at radius 3 is 3.04 bits per heavy atom. The summed E-state index contributed by atoms with van der Waals surface area (Å²) >= 11 is 3.14. The molecule has 1 amide bonds. The summed E-state index contributed by atoms with van der Waals surface area (Å²) in [7, 11) is -2.98. The van der Waals surface area contributed by atoms with Gasteiger partial charge in [-0.2, -0.15) is 0 Å². The number of amides is 1. The fourth-order valence-corrected chi connectivity index (χ4v) is 7.13. The number of aryl methyl sites for hydroxylation is 2. The van der Waals surface area contributed by atoms with Crippen molar-refractivity contribution in [1.29, 1.82) is 0 Å². The van der Waals surface area contributed by atoms with Crippen LogP contribution in [0.5, 0.6) is 0 Å². The highest BCUT2D eigenvalue weighted by molar-refractivity contribution is 8.00. The van der Waals surface area contributed by atoms with Gasteiger partial charge in [0.25, 0.3) is 0 Å². The van der Waals surface area contributed by atoms with Crippen LogP contribution < -0.4 is 5.32 Å². The minimum Gasteiger partial charge on any atom is -0.352 e. The van der Waals surface area contributed by atoms with Gasteiger partial charge in [-0.05, 0) is 31.2 Å². The average molecular weight is 384 g/mol. The number of sulfone groups is 1. The summed E-state index contributed by atoms with van der Waals surface area (Å²) in [6, 6.07) is -0.251. The van der Waals surface area contributed by atoms with Crippen molar-refractivity contribution in [2.24, 2.45) is 0 Å². The van der Waals surface area contributed by atoms with Gasteiger partial charge >= 0.3 is 0 Å². The molecule has 1 fully saturated rings. The molecule has 0 bridgehead atoms. The van der Waals surface area contributed by atoms with Gasteiger partial charge in [0.1, 0.15) is 16.2 Å². The van der Waals surface area contributed by atoms with E-state index in [1.165, 1.54) is 28.6 Å². The maximum absolute atomic E-state index is 12.1.